The van der Waals surface area contributed by atoms with Crippen LogP contribution in [0.25, 0.3) is 21.3 Å². The summed E-state index contributed by atoms with van der Waals surface area (Å²) in [5.74, 6) is 2.67. The molecule has 0 bridgehead atoms. The first-order valence-corrected chi connectivity index (χ1v) is 10.0. The summed E-state index contributed by atoms with van der Waals surface area (Å²) in [6.45, 7) is 1.31. The van der Waals surface area contributed by atoms with Crippen molar-refractivity contribution in [2.75, 3.05) is 27.4 Å². The largest absolute Gasteiger partial charge is 0.493 e. The molecule has 7 heteroatoms. The Morgan fingerprint density at radius 2 is 1.93 bits per heavy atom. The average molecular weight is 398 g/mol. The van der Waals surface area contributed by atoms with E-state index in [1.54, 1.807) is 25.6 Å². The van der Waals surface area contributed by atoms with Gasteiger partial charge in [-0.1, -0.05) is 6.07 Å². The number of aromatic nitrogens is 1. The fraction of sp³-hybridized carbons (Fsp3) is 0.333. The summed E-state index contributed by atoms with van der Waals surface area (Å²) in [7, 11) is 3.25. The van der Waals surface area contributed by atoms with Crippen LogP contribution in [0.5, 0.6) is 17.2 Å². The summed E-state index contributed by atoms with van der Waals surface area (Å²) in [5.41, 5.74) is 4.75. The minimum absolute atomic E-state index is 0.130. The van der Waals surface area contributed by atoms with Crippen LogP contribution in [0.15, 0.2) is 35.8 Å². The van der Waals surface area contributed by atoms with Gasteiger partial charge < -0.3 is 19.5 Å². The number of nitrogens with one attached hydrogen (secondary N) is 1. The highest BCUT2D eigenvalue weighted by atomic mass is 32.1. The number of fused-ring (bicyclic) bond motifs is 1. The van der Waals surface area contributed by atoms with Gasteiger partial charge in [-0.15, -0.1) is 11.3 Å². The number of thiazole rings is 1. The minimum Gasteiger partial charge on any atom is -0.493 e. The van der Waals surface area contributed by atoms with Crippen molar-refractivity contribution in [2.24, 2.45) is 5.92 Å². The molecule has 2 aromatic carbocycles. The Balaban J connectivity index is 1.59. The van der Waals surface area contributed by atoms with Crippen LogP contribution in [-0.2, 0) is 4.79 Å². The van der Waals surface area contributed by atoms with Crippen LogP contribution in [0, 0.1) is 5.92 Å². The maximum atomic E-state index is 11.3. The van der Waals surface area contributed by atoms with E-state index in [2.05, 4.69) is 16.4 Å². The van der Waals surface area contributed by atoms with Crippen molar-refractivity contribution in [3.63, 3.8) is 0 Å². The van der Waals surface area contributed by atoms with Crippen LogP contribution >= 0.6 is 11.3 Å². The van der Waals surface area contributed by atoms with E-state index in [9.17, 15) is 4.79 Å². The number of hydrogen-bond acceptors (Lipinski definition) is 6. The number of nitrogens with zero attached hydrogens (tertiary/aromatic N) is 1. The zero-order chi connectivity index (χ0) is 19.5. The molecular weight excluding hydrogens is 376 g/mol. The van der Waals surface area contributed by atoms with Gasteiger partial charge in [0.05, 0.1) is 36.6 Å². The van der Waals surface area contributed by atoms with E-state index < -0.39 is 0 Å². The van der Waals surface area contributed by atoms with Gasteiger partial charge in [0, 0.05) is 13.0 Å². The smallest absolute Gasteiger partial charge is 0.220 e. The van der Waals surface area contributed by atoms with Gasteiger partial charge in [-0.2, -0.15) is 0 Å². The number of amides is 1. The second kappa shape index (κ2) is 8.06. The first kappa shape index (κ1) is 18.6. The normalized spacial score (nSPS) is 16.2. The first-order valence-electron chi connectivity index (χ1n) is 9.17. The van der Waals surface area contributed by atoms with E-state index in [1.807, 2.05) is 29.8 Å². The van der Waals surface area contributed by atoms with E-state index in [0.29, 0.717) is 30.4 Å². The van der Waals surface area contributed by atoms with Gasteiger partial charge in [0.1, 0.15) is 5.75 Å². The molecule has 1 aliphatic heterocycles. The van der Waals surface area contributed by atoms with Crippen molar-refractivity contribution in [2.45, 2.75) is 12.8 Å². The average Bonchev–Trinajstić information content (AvgIpc) is 3.36. The molecule has 1 N–H and O–H groups in total. The second-order valence-electron chi connectivity index (χ2n) is 6.76. The third kappa shape index (κ3) is 3.75. The molecule has 3 aromatic rings. The van der Waals surface area contributed by atoms with Crippen molar-refractivity contribution in [3.05, 3.63) is 35.8 Å². The summed E-state index contributed by atoms with van der Waals surface area (Å²) in [4.78, 5) is 15.8. The summed E-state index contributed by atoms with van der Waals surface area (Å²) in [5, 5.41) is 2.87. The van der Waals surface area contributed by atoms with Crippen molar-refractivity contribution in [3.8, 4) is 28.4 Å². The molecule has 146 valence electrons. The molecule has 0 aliphatic carbocycles. The monoisotopic (exact) mass is 398 g/mol. The van der Waals surface area contributed by atoms with Crippen molar-refractivity contribution in [1.29, 1.82) is 0 Å². The standard InChI is InChI=1S/C21H22N2O4S/c1-25-17-4-3-14(9-18(17)26-2)15-8-16-21(28-12-23-16)19(10-15)27-6-5-13-7-20(24)22-11-13/h3-4,8-10,12-13H,5-7,11H2,1-2H3,(H,22,24)/t13-/m1/s1. The summed E-state index contributed by atoms with van der Waals surface area (Å²) < 4.78 is 17.9. The van der Waals surface area contributed by atoms with E-state index >= 15 is 0 Å². The molecule has 4 rings (SSSR count). The van der Waals surface area contributed by atoms with E-state index in [-0.39, 0.29) is 5.91 Å². The molecule has 1 aliphatic rings. The summed E-state index contributed by atoms with van der Waals surface area (Å²) >= 11 is 1.57. The molecule has 1 aromatic heterocycles. The fourth-order valence-electron chi connectivity index (χ4n) is 3.43. The molecule has 0 spiro atoms. The van der Waals surface area contributed by atoms with Gasteiger partial charge in [-0.3, -0.25) is 4.79 Å². The molecule has 0 saturated carbocycles. The predicted molar refractivity (Wildman–Crippen MR) is 109 cm³/mol. The van der Waals surface area contributed by atoms with Crippen molar-refractivity contribution in [1.82, 2.24) is 10.3 Å². The van der Waals surface area contributed by atoms with Crippen LogP contribution in [0.4, 0.5) is 0 Å². The number of ether oxygens (including phenoxy) is 3. The zero-order valence-electron chi connectivity index (χ0n) is 15.9. The Morgan fingerprint density at radius 3 is 2.68 bits per heavy atom. The Hall–Kier alpha value is -2.80. The Kier molecular flexibility index (Phi) is 5.34. The highest BCUT2D eigenvalue weighted by Gasteiger charge is 2.21. The molecular formula is C21H22N2O4S. The summed E-state index contributed by atoms with van der Waals surface area (Å²) in [6, 6.07) is 9.93. The predicted octanol–water partition coefficient (Wildman–Crippen LogP) is 3.89. The number of carbonyl (C=O) groups excluding carboxylic acids is 1. The molecule has 1 saturated heterocycles. The van der Waals surface area contributed by atoms with Crippen molar-refractivity contribution >= 4 is 27.5 Å². The molecule has 0 unspecified atom stereocenters. The molecule has 1 fully saturated rings. The molecule has 2 heterocycles. The van der Waals surface area contributed by atoms with Gasteiger partial charge in [-0.05, 0) is 47.7 Å². The maximum Gasteiger partial charge on any atom is 0.220 e. The number of methoxy groups -OCH3 is 2. The maximum absolute atomic E-state index is 11.3. The number of benzene rings is 2. The SMILES string of the molecule is COc1ccc(-c2cc(OCC[C@H]3CNC(=O)C3)c3scnc3c2)cc1OC. The Morgan fingerprint density at radius 1 is 1.11 bits per heavy atom. The third-order valence-electron chi connectivity index (χ3n) is 4.96. The van der Waals surface area contributed by atoms with Crippen LogP contribution < -0.4 is 19.5 Å². The lowest BCUT2D eigenvalue weighted by atomic mass is 10.0. The molecule has 1 atom stereocenters. The second-order valence-corrected chi connectivity index (χ2v) is 7.61. The van der Waals surface area contributed by atoms with Crippen LogP contribution in [-0.4, -0.2) is 38.3 Å². The van der Waals surface area contributed by atoms with Crippen molar-refractivity contribution < 1.29 is 19.0 Å². The highest BCUT2D eigenvalue weighted by Crippen LogP contribution is 2.37. The number of carbonyl (C=O) groups is 1. The fourth-order valence-corrected chi connectivity index (χ4v) is 4.17. The topological polar surface area (TPSA) is 69.7 Å². The van der Waals surface area contributed by atoms with Gasteiger partial charge in [0.25, 0.3) is 0 Å². The van der Waals surface area contributed by atoms with Crippen LogP contribution in [0.1, 0.15) is 12.8 Å². The highest BCUT2D eigenvalue weighted by molar-refractivity contribution is 7.17. The lowest BCUT2D eigenvalue weighted by molar-refractivity contribution is -0.119. The third-order valence-corrected chi connectivity index (χ3v) is 5.82. The van der Waals surface area contributed by atoms with Gasteiger partial charge in [-0.25, -0.2) is 4.98 Å². The van der Waals surface area contributed by atoms with E-state index in [4.69, 9.17) is 14.2 Å². The quantitative estimate of drug-likeness (QED) is 0.654. The number of rotatable bonds is 7. The van der Waals surface area contributed by atoms with Gasteiger partial charge >= 0.3 is 0 Å². The van der Waals surface area contributed by atoms with Crippen LogP contribution in [0.2, 0.25) is 0 Å². The molecule has 6 nitrogen and oxygen atoms in total. The first-order chi connectivity index (χ1) is 13.7. The van der Waals surface area contributed by atoms with Crippen LogP contribution in [0.3, 0.4) is 0 Å². The lowest BCUT2D eigenvalue weighted by Gasteiger charge is -2.13. The van der Waals surface area contributed by atoms with E-state index in [1.165, 1.54) is 0 Å². The Bertz CT molecular complexity index is 1000. The summed E-state index contributed by atoms with van der Waals surface area (Å²) in [6.07, 6.45) is 1.44. The van der Waals surface area contributed by atoms with E-state index in [0.717, 1.165) is 40.1 Å². The molecule has 0 radical (unpaired) electrons. The minimum atomic E-state index is 0.130. The van der Waals surface area contributed by atoms with Gasteiger partial charge in [0.15, 0.2) is 11.5 Å². The molecule has 1 amide bonds. The Labute approximate surface area is 167 Å². The molecule has 28 heavy (non-hydrogen) atoms. The van der Waals surface area contributed by atoms with Gasteiger partial charge in [0.2, 0.25) is 5.91 Å². The number of hydrogen-bond donors (Lipinski definition) is 1. The lowest BCUT2D eigenvalue weighted by Crippen LogP contribution is -2.14. The zero-order valence-corrected chi connectivity index (χ0v) is 16.7.